The largest absolute Gasteiger partial charge is 0.444 e. The lowest BCUT2D eigenvalue weighted by Crippen LogP contribution is -2.54. The molecule has 0 saturated heterocycles. The van der Waals surface area contributed by atoms with Crippen LogP contribution in [0.1, 0.15) is 57.4 Å². The van der Waals surface area contributed by atoms with Crippen LogP contribution < -0.4 is 10.6 Å². The molecule has 0 aliphatic rings. The van der Waals surface area contributed by atoms with Crippen LogP contribution in [0.3, 0.4) is 0 Å². The Bertz CT molecular complexity index is 1090. The van der Waals surface area contributed by atoms with Crippen LogP contribution in [0, 0.1) is 5.92 Å². The van der Waals surface area contributed by atoms with Crippen molar-refractivity contribution in [3.63, 3.8) is 0 Å². The zero-order valence-corrected chi connectivity index (χ0v) is 22.5. The molecule has 0 radical (unpaired) electrons. The predicted molar refractivity (Wildman–Crippen MR) is 147 cm³/mol. The molecule has 0 saturated carbocycles. The second-order valence-corrected chi connectivity index (χ2v) is 10.1. The summed E-state index contributed by atoms with van der Waals surface area (Å²) in [5.74, 6) is -1.02. The van der Waals surface area contributed by atoms with Gasteiger partial charge in [-0.3, -0.25) is 9.59 Å². The van der Waals surface area contributed by atoms with Gasteiger partial charge in [0.2, 0.25) is 11.8 Å². The van der Waals surface area contributed by atoms with Crippen LogP contribution >= 0.6 is 0 Å². The zero-order chi connectivity index (χ0) is 27.6. The Labute approximate surface area is 220 Å². The van der Waals surface area contributed by atoms with Gasteiger partial charge in [-0.15, -0.1) is 6.58 Å². The summed E-state index contributed by atoms with van der Waals surface area (Å²) in [4.78, 5) is 41.6. The Kier molecular flexibility index (Phi) is 10.7. The molecule has 0 bridgehead atoms. The zero-order valence-electron chi connectivity index (χ0n) is 22.5. The van der Waals surface area contributed by atoms with Crippen LogP contribution in [0.25, 0.3) is 6.08 Å². The molecule has 2 N–H and O–H groups in total. The van der Waals surface area contributed by atoms with Gasteiger partial charge in [0, 0.05) is 13.1 Å². The highest BCUT2D eigenvalue weighted by Crippen LogP contribution is 2.25. The molecule has 2 atom stereocenters. The maximum Gasteiger partial charge on any atom is 0.408 e. The highest BCUT2D eigenvalue weighted by Gasteiger charge is 2.37. The Balaban J connectivity index is 2.45. The highest BCUT2D eigenvalue weighted by molar-refractivity contribution is 5.92. The lowest BCUT2D eigenvalue weighted by atomic mass is 9.97. The standard InChI is InChI=1S/C30H39N3O4/c1-8-18-33(28(35)25(21(3)4)32-29(36)37-30(5,6)7)26(24-17-13-16-22(9-2)19-24)27(34)31-20-23-14-11-10-12-15-23/h8-17,19,21,25-26H,1-2,18,20H2,3-7H3,(H,31,34)(H,32,36). The molecule has 2 unspecified atom stereocenters. The number of carbonyl (C=O) groups is 3. The minimum Gasteiger partial charge on any atom is -0.444 e. The van der Waals surface area contributed by atoms with E-state index in [9.17, 15) is 14.4 Å². The minimum absolute atomic E-state index is 0.0970. The van der Waals surface area contributed by atoms with E-state index in [1.807, 2.05) is 62.4 Å². The van der Waals surface area contributed by atoms with E-state index < -0.39 is 29.7 Å². The summed E-state index contributed by atoms with van der Waals surface area (Å²) in [6, 6.07) is 15.0. The van der Waals surface area contributed by atoms with Crippen LogP contribution in [0.5, 0.6) is 0 Å². The Morgan fingerprint density at radius 3 is 2.27 bits per heavy atom. The van der Waals surface area contributed by atoms with E-state index >= 15 is 0 Å². The van der Waals surface area contributed by atoms with Gasteiger partial charge in [-0.2, -0.15) is 0 Å². The molecule has 0 aliphatic carbocycles. The molecular weight excluding hydrogens is 466 g/mol. The van der Waals surface area contributed by atoms with Gasteiger partial charge in [-0.25, -0.2) is 4.79 Å². The lowest BCUT2D eigenvalue weighted by Gasteiger charge is -2.35. The van der Waals surface area contributed by atoms with Gasteiger partial charge in [0.25, 0.3) is 0 Å². The fourth-order valence-electron chi connectivity index (χ4n) is 3.80. The molecule has 2 aromatic carbocycles. The normalized spacial score (nSPS) is 12.7. The van der Waals surface area contributed by atoms with E-state index in [1.54, 1.807) is 39.0 Å². The van der Waals surface area contributed by atoms with Crippen molar-refractivity contribution in [1.29, 1.82) is 0 Å². The third-order valence-electron chi connectivity index (χ3n) is 5.55. The quantitative estimate of drug-likeness (QED) is 0.408. The topological polar surface area (TPSA) is 87.7 Å². The number of ether oxygens (including phenoxy) is 1. The maximum atomic E-state index is 13.9. The molecule has 3 amide bonds. The monoisotopic (exact) mass is 505 g/mol. The van der Waals surface area contributed by atoms with Gasteiger partial charge < -0.3 is 20.3 Å². The summed E-state index contributed by atoms with van der Waals surface area (Å²) in [6.45, 7) is 16.9. The summed E-state index contributed by atoms with van der Waals surface area (Å²) in [5.41, 5.74) is 1.65. The van der Waals surface area contributed by atoms with Gasteiger partial charge in [0.05, 0.1) is 0 Å². The van der Waals surface area contributed by atoms with Crippen molar-refractivity contribution >= 4 is 24.0 Å². The van der Waals surface area contributed by atoms with Crippen molar-refractivity contribution < 1.29 is 19.1 Å². The Morgan fingerprint density at radius 2 is 1.70 bits per heavy atom. The van der Waals surface area contributed by atoms with Gasteiger partial charge in [0.15, 0.2) is 0 Å². The molecule has 2 rings (SSSR count). The number of carbonyl (C=O) groups excluding carboxylic acids is 3. The third kappa shape index (κ3) is 8.94. The van der Waals surface area contributed by atoms with E-state index in [1.165, 1.54) is 4.90 Å². The van der Waals surface area contributed by atoms with Crippen molar-refractivity contribution in [3.8, 4) is 0 Å². The molecule has 0 heterocycles. The summed E-state index contributed by atoms with van der Waals surface area (Å²) in [6.07, 6.45) is 2.55. The van der Waals surface area contributed by atoms with Gasteiger partial charge in [-0.1, -0.05) is 81.1 Å². The van der Waals surface area contributed by atoms with E-state index in [4.69, 9.17) is 4.74 Å². The van der Waals surface area contributed by atoms with Crippen molar-refractivity contribution in [1.82, 2.24) is 15.5 Å². The van der Waals surface area contributed by atoms with Crippen molar-refractivity contribution in [3.05, 3.63) is 90.5 Å². The average Bonchev–Trinajstić information content (AvgIpc) is 2.85. The SMILES string of the molecule is C=CCN(C(=O)C(NC(=O)OC(C)(C)C)C(C)C)C(C(=O)NCc1ccccc1)c1cccc(C=C)c1. The Hall–Kier alpha value is -3.87. The van der Waals surface area contributed by atoms with Gasteiger partial charge in [0.1, 0.15) is 17.7 Å². The first-order valence-electron chi connectivity index (χ1n) is 12.4. The molecule has 0 aromatic heterocycles. The first-order valence-corrected chi connectivity index (χ1v) is 12.4. The number of alkyl carbamates (subject to hydrolysis) is 1. The van der Waals surface area contributed by atoms with E-state index in [0.29, 0.717) is 12.1 Å². The summed E-state index contributed by atoms with van der Waals surface area (Å²) in [5, 5.41) is 5.67. The lowest BCUT2D eigenvalue weighted by molar-refractivity contribution is -0.142. The smallest absolute Gasteiger partial charge is 0.408 e. The van der Waals surface area contributed by atoms with Crippen LogP contribution in [0.15, 0.2) is 73.8 Å². The van der Waals surface area contributed by atoms with Crippen molar-refractivity contribution in [2.75, 3.05) is 6.54 Å². The molecule has 2 aromatic rings. The number of benzene rings is 2. The molecule has 7 nitrogen and oxygen atoms in total. The molecular formula is C30H39N3O4. The van der Waals surface area contributed by atoms with Crippen LogP contribution in [-0.2, 0) is 20.9 Å². The predicted octanol–water partition coefficient (Wildman–Crippen LogP) is 5.25. The van der Waals surface area contributed by atoms with Crippen LogP contribution in [0.2, 0.25) is 0 Å². The average molecular weight is 506 g/mol. The van der Waals surface area contributed by atoms with Crippen molar-refractivity contribution in [2.45, 2.75) is 58.8 Å². The van der Waals surface area contributed by atoms with E-state index in [0.717, 1.165) is 11.1 Å². The fraction of sp³-hybridized carbons (Fsp3) is 0.367. The summed E-state index contributed by atoms with van der Waals surface area (Å²) >= 11 is 0. The number of rotatable bonds is 11. The number of nitrogens with zero attached hydrogens (tertiary/aromatic N) is 1. The van der Waals surface area contributed by atoms with Crippen molar-refractivity contribution in [2.24, 2.45) is 5.92 Å². The number of hydrogen-bond donors (Lipinski definition) is 2. The summed E-state index contributed by atoms with van der Waals surface area (Å²) < 4.78 is 5.39. The highest BCUT2D eigenvalue weighted by atomic mass is 16.6. The van der Waals surface area contributed by atoms with Crippen LogP contribution in [-0.4, -0.2) is 41.0 Å². The van der Waals surface area contributed by atoms with E-state index in [-0.39, 0.29) is 18.4 Å². The maximum absolute atomic E-state index is 13.9. The Morgan fingerprint density at radius 1 is 1.03 bits per heavy atom. The first-order chi connectivity index (χ1) is 17.5. The molecule has 37 heavy (non-hydrogen) atoms. The summed E-state index contributed by atoms with van der Waals surface area (Å²) in [7, 11) is 0. The minimum atomic E-state index is -0.962. The van der Waals surface area contributed by atoms with E-state index in [2.05, 4.69) is 23.8 Å². The van der Waals surface area contributed by atoms with Crippen LogP contribution in [0.4, 0.5) is 4.79 Å². The second-order valence-electron chi connectivity index (χ2n) is 10.1. The third-order valence-corrected chi connectivity index (χ3v) is 5.55. The fourth-order valence-corrected chi connectivity index (χ4v) is 3.80. The number of nitrogens with one attached hydrogen (secondary N) is 2. The number of amides is 3. The molecule has 198 valence electrons. The molecule has 0 aliphatic heterocycles. The first kappa shape index (κ1) is 29.4. The molecule has 0 fully saturated rings. The molecule has 0 spiro atoms. The van der Waals surface area contributed by atoms with Gasteiger partial charge in [-0.05, 0) is 49.4 Å². The van der Waals surface area contributed by atoms with Gasteiger partial charge >= 0.3 is 6.09 Å². The second kappa shape index (κ2) is 13.4. The molecule has 7 heteroatoms. The number of hydrogen-bond acceptors (Lipinski definition) is 4.